The van der Waals surface area contributed by atoms with Crippen molar-refractivity contribution in [2.24, 2.45) is 0 Å². The van der Waals surface area contributed by atoms with Gasteiger partial charge >= 0.3 is 0 Å². The zero-order valence-electron chi connectivity index (χ0n) is 15.9. The number of aromatic nitrogens is 2. The Morgan fingerprint density at radius 2 is 1.96 bits per heavy atom. The topological polar surface area (TPSA) is 86.5 Å². The summed E-state index contributed by atoms with van der Waals surface area (Å²) in [4.78, 5) is 12.0. The first kappa shape index (κ1) is 18.5. The molecule has 4 rings (SSSR count). The van der Waals surface area contributed by atoms with E-state index in [0.717, 1.165) is 23.5 Å². The van der Waals surface area contributed by atoms with Crippen molar-refractivity contribution < 1.29 is 18.7 Å². The number of benzene rings is 1. The molecule has 28 heavy (non-hydrogen) atoms. The monoisotopic (exact) mass is 383 g/mol. The molecule has 1 aliphatic heterocycles. The van der Waals surface area contributed by atoms with Gasteiger partial charge in [0.2, 0.25) is 24.5 Å². The van der Waals surface area contributed by atoms with Gasteiger partial charge in [0.05, 0.1) is 6.42 Å². The van der Waals surface area contributed by atoms with Crippen LogP contribution in [0.4, 0.5) is 0 Å². The van der Waals surface area contributed by atoms with Gasteiger partial charge in [-0.25, -0.2) is 0 Å². The van der Waals surface area contributed by atoms with Crippen molar-refractivity contribution in [2.75, 3.05) is 13.3 Å². The summed E-state index contributed by atoms with van der Waals surface area (Å²) < 4.78 is 16.4. The first-order valence-electron chi connectivity index (χ1n) is 9.91. The van der Waals surface area contributed by atoms with Crippen LogP contribution in [0, 0.1) is 0 Å². The molecule has 0 saturated heterocycles. The number of nitrogens with one attached hydrogen (secondary N) is 1. The normalized spacial score (nSPS) is 15.4. The van der Waals surface area contributed by atoms with Gasteiger partial charge in [-0.1, -0.05) is 17.7 Å². The van der Waals surface area contributed by atoms with Crippen LogP contribution in [0.3, 0.4) is 0 Å². The molecule has 0 saturated carbocycles. The van der Waals surface area contributed by atoms with E-state index in [0.29, 0.717) is 37.6 Å². The zero-order chi connectivity index (χ0) is 19.2. The van der Waals surface area contributed by atoms with Crippen molar-refractivity contribution in [2.45, 2.75) is 51.4 Å². The maximum absolute atomic E-state index is 12.0. The van der Waals surface area contributed by atoms with Gasteiger partial charge < -0.3 is 19.2 Å². The summed E-state index contributed by atoms with van der Waals surface area (Å²) in [6, 6.07) is 5.75. The van der Waals surface area contributed by atoms with Gasteiger partial charge in [0.25, 0.3) is 0 Å². The number of carbonyl (C=O) groups is 1. The van der Waals surface area contributed by atoms with E-state index >= 15 is 0 Å². The molecule has 2 aromatic rings. The molecule has 1 amide bonds. The SMILES string of the molecule is O=C(CCc1nnc(Cc2ccc3c(c2)OCO3)o1)NCCC1=CCCCC1. The van der Waals surface area contributed by atoms with Crippen LogP contribution >= 0.6 is 0 Å². The minimum absolute atomic E-state index is 0.0203. The first-order chi connectivity index (χ1) is 13.8. The summed E-state index contributed by atoms with van der Waals surface area (Å²) in [5, 5.41) is 11.1. The fourth-order valence-corrected chi connectivity index (χ4v) is 3.49. The van der Waals surface area contributed by atoms with Crippen LogP contribution in [0.2, 0.25) is 0 Å². The van der Waals surface area contributed by atoms with Crippen molar-refractivity contribution in [3.05, 3.63) is 47.2 Å². The van der Waals surface area contributed by atoms with Crippen molar-refractivity contribution >= 4 is 5.91 Å². The van der Waals surface area contributed by atoms with Crippen molar-refractivity contribution in [3.8, 4) is 11.5 Å². The van der Waals surface area contributed by atoms with E-state index in [-0.39, 0.29) is 12.7 Å². The summed E-state index contributed by atoms with van der Waals surface area (Å²) in [6.07, 6.45) is 9.49. The molecule has 148 valence electrons. The van der Waals surface area contributed by atoms with Gasteiger partial charge in [-0.3, -0.25) is 4.79 Å². The predicted octanol–water partition coefficient (Wildman–Crippen LogP) is 3.33. The van der Waals surface area contributed by atoms with Crippen molar-refractivity contribution in [3.63, 3.8) is 0 Å². The van der Waals surface area contributed by atoms with E-state index in [1.54, 1.807) is 0 Å². The largest absolute Gasteiger partial charge is 0.454 e. The number of fused-ring (bicyclic) bond motifs is 1. The average molecular weight is 383 g/mol. The molecule has 7 heteroatoms. The molecule has 1 aliphatic carbocycles. The number of rotatable bonds is 8. The lowest BCUT2D eigenvalue weighted by atomic mass is 9.97. The van der Waals surface area contributed by atoms with E-state index in [4.69, 9.17) is 13.9 Å². The van der Waals surface area contributed by atoms with Gasteiger partial charge in [-0.05, 0) is 49.8 Å². The van der Waals surface area contributed by atoms with Crippen LogP contribution in [0.25, 0.3) is 0 Å². The Bertz CT molecular complexity index is 859. The Kier molecular flexibility index (Phi) is 5.89. The third kappa shape index (κ3) is 4.91. The van der Waals surface area contributed by atoms with Crippen LogP contribution in [-0.4, -0.2) is 29.4 Å². The minimum Gasteiger partial charge on any atom is -0.454 e. The Morgan fingerprint density at radius 1 is 1.07 bits per heavy atom. The van der Waals surface area contributed by atoms with Gasteiger partial charge in [-0.15, -0.1) is 10.2 Å². The molecule has 7 nitrogen and oxygen atoms in total. The second-order valence-electron chi connectivity index (χ2n) is 7.16. The van der Waals surface area contributed by atoms with Crippen LogP contribution in [0.15, 0.2) is 34.3 Å². The highest BCUT2D eigenvalue weighted by Crippen LogP contribution is 2.33. The van der Waals surface area contributed by atoms with Gasteiger partial charge in [0, 0.05) is 19.4 Å². The number of amides is 1. The summed E-state index contributed by atoms with van der Waals surface area (Å²) in [5.74, 6) is 2.52. The highest BCUT2D eigenvalue weighted by molar-refractivity contribution is 5.76. The summed E-state index contributed by atoms with van der Waals surface area (Å²) >= 11 is 0. The highest BCUT2D eigenvalue weighted by atomic mass is 16.7. The second-order valence-corrected chi connectivity index (χ2v) is 7.16. The molecule has 0 bridgehead atoms. The fourth-order valence-electron chi connectivity index (χ4n) is 3.49. The highest BCUT2D eigenvalue weighted by Gasteiger charge is 2.15. The quantitative estimate of drug-likeness (QED) is 0.704. The third-order valence-electron chi connectivity index (χ3n) is 5.02. The molecule has 2 heterocycles. The fraction of sp³-hybridized carbons (Fsp3) is 0.476. The van der Waals surface area contributed by atoms with Crippen molar-refractivity contribution in [1.29, 1.82) is 0 Å². The van der Waals surface area contributed by atoms with Crippen molar-refractivity contribution in [1.82, 2.24) is 15.5 Å². The Balaban J connectivity index is 1.20. The number of hydrogen-bond donors (Lipinski definition) is 1. The predicted molar refractivity (Wildman–Crippen MR) is 102 cm³/mol. The number of nitrogens with zero attached hydrogens (tertiary/aromatic N) is 2. The van der Waals surface area contributed by atoms with Crippen LogP contribution < -0.4 is 14.8 Å². The smallest absolute Gasteiger partial charge is 0.231 e. The van der Waals surface area contributed by atoms with E-state index in [1.165, 1.54) is 31.3 Å². The molecule has 0 spiro atoms. The number of aryl methyl sites for hydroxylation is 1. The number of carbonyl (C=O) groups excluding carboxylic acids is 1. The molecule has 0 radical (unpaired) electrons. The lowest BCUT2D eigenvalue weighted by Crippen LogP contribution is -2.25. The van der Waals surface area contributed by atoms with Gasteiger partial charge in [-0.2, -0.15) is 0 Å². The molecule has 1 aromatic carbocycles. The van der Waals surface area contributed by atoms with Crippen LogP contribution in [0.1, 0.15) is 55.9 Å². The van der Waals surface area contributed by atoms with E-state index in [1.807, 2.05) is 18.2 Å². The average Bonchev–Trinajstić information content (AvgIpc) is 3.36. The van der Waals surface area contributed by atoms with E-state index in [2.05, 4.69) is 21.6 Å². The molecule has 2 aliphatic rings. The standard InChI is InChI=1S/C21H25N3O4/c25-19(22-11-10-15-4-2-1-3-5-15)8-9-20-23-24-21(28-20)13-16-6-7-17-18(12-16)27-14-26-17/h4,6-7,12H,1-3,5,8-11,13-14H2,(H,22,25). The molecule has 0 atom stereocenters. The molecule has 0 unspecified atom stereocenters. The Morgan fingerprint density at radius 3 is 2.86 bits per heavy atom. The summed E-state index contributed by atoms with van der Waals surface area (Å²) in [6.45, 7) is 0.951. The Labute approximate surface area is 164 Å². The molecule has 0 fully saturated rings. The molecular weight excluding hydrogens is 358 g/mol. The summed E-state index contributed by atoms with van der Waals surface area (Å²) in [7, 11) is 0. The van der Waals surface area contributed by atoms with Crippen LogP contribution in [0.5, 0.6) is 11.5 Å². The first-order valence-corrected chi connectivity index (χ1v) is 9.91. The maximum atomic E-state index is 12.0. The van der Waals surface area contributed by atoms with Gasteiger partial charge in [0.15, 0.2) is 11.5 Å². The van der Waals surface area contributed by atoms with E-state index < -0.39 is 0 Å². The minimum atomic E-state index is 0.0203. The number of ether oxygens (including phenoxy) is 2. The lowest BCUT2D eigenvalue weighted by Gasteiger charge is -2.12. The summed E-state index contributed by atoms with van der Waals surface area (Å²) in [5.41, 5.74) is 2.48. The van der Waals surface area contributed by atoms with Gasteiger partial charge in [0.1, 0.15) is 0 Å². The van der Waals surface area contributed by atoms with Crippen LogP contribution in [-0.2, 0) is 17.6 Å². The molecule has 1 N–H and O–H groups in total. The number of allylic oxidation sites excluding steroid dienone is 1. The second kappa shape index (κ2) is 8.91. The lowest BCUT2D eigenvalue weighted by molar-refractivity contribution is -0.121. The Hall–Kier alpha value is -2.83. The molecular formula is C21H25N3O4. The molecule has 1 aromatic heterocycles. The third-order valence-corrected chi connectivity index (χ3v) is 5.02. The van der Waals surface area contributed by atoms with E-state index in [9.17, 15) is 4.79 Å². The maximum Gasteiger partial charge on any atom is 0.231 e. The zero-order valence-corrected chi connectivity index (χ0v) is 15.9. The number of hydrogen-bond acceptors (Lipinski definition) is 6.